The summed E-state index contributed by atoms with van der Waals surface area (Å²) in [6.45, 7) is 3.49. The van der Waals surface area contributed by atoms with E-state index in [1.165, 1.54) is 0 Å². The lowest BCUT2D eigenvalue weighted by Crippen LogP contribution is -2.25. The van der Waals surface area contributed by atoms with E-state index >= 15 is 0 Å². The number of amides is 2. The first kappa shape index (κ1) is 26.9. The molecule has 2 N–H and O–H groups in total. The van der Waals surface area contributed by atoms with Crippen LogP contribution in [0.3, 0.4) is 0 Å². The summed E-state index contributed by atoms with van der Waals surface area (Å²) >= 11 is 0. The van der Waals surface area contributed by atoms with Gasteiger partial charge in [-0.3, -0.25) is 19.5 Å². The number of nitrogens with zero attached hydrogens (tertiary/aromatic N) is 4. The van der Waals surface area contributed by atoms with Crippen molar-refractivity contribution in [2.75, 3.05) is 5.32 Å². The number of carbonyl (C=O) groups excluding carboxylic acids is 3. The van der Waals surface area contributed by atoms with E-state index in [0.717, 1.165) is 34.6 Å². The van der Waals surface area contributed by atoms with Crippen molar-refractivity contribution in [1.29, 1.82) is 0 Å². The molecule has 1 fully saturated rings. The van der Waals surface area contributed by atoms with E-state index < -0.39 is 5.97 Å². The van der Waals surface area contributed by atoms with Crippen LogP contribution >= 0.6 is 0 Å². The molecule has 1 saturated carbocycles. The highest BCUT2D eigenvalue weighted by molar-refractivity contribution is 6.04. The molecule has 4 aromatic rings. The lowest BCUT2D eigenvalue weighted by molar-refractivity contribution is -0.149. The second-order valence-electron chi connectivity index (χ2n) is 10.2. The van der Waals surface area contributed by atoms with E-state index in [-0.39, 0.29) is 17.7 Å². The summed E-state index contributed by atoms with van der Waals surface area (Å²) in [6.07, 6.45) is 8.92. The molecule has 10 heteroatoms. The zero-order valence-electron chi connectivity index (χ0n) is 22.5. The largest absolute Gasteiger partial charge is 0.353 e. The Bertz CT molecular complexity index is 1500. The van der Waals surface area contributed by atoms with Crippen LogP contribution in [-0.2, 0) is 16.0 Å². The Labute approximate surface area is 232 Å². The molecule has 2 aromatic heterocycles. The second kappa shape index (κ2) is 12.0. The van der Waals surface area contributed by atoms with Crippen LogP contribution in [0.25, 0.3) is 16.8 Å². The molecule has 5 rings (SSSR count). The van der Waals surface area contributed by atoms with E-state index in [2.05, 4.69) is 20.7 Å². The predicted octanol–water partition coefficient (Wildman–Crippen LogP) is 4.20. The molecule has 1 aliphatic carbocycles. The molecule has 0 spiro atoms. The van der Waals surface area contributed by atoms with Gasteiger partial charge in [0, 0.05) is 35.5 Å². The second-order valence-corrected chi connectivity index (χ2v) is 10.2. The van der Waals surface area contributed by atoms with Crippen LogP contribution in [0, 0.1) is 5.92 Å². The molecule has 0 aliphatic heterocycles. The van der Waals surface area contributed by atoms with Crippen LogP contribution in [0.1, 0.15) is 55.6 Å². The molecule has 0 bridgehead atoms. The molecule has 206 valence electrons. The van der Waals surface area contributed by atoms with Gasteiger partial charge in [-0.25, -0.2) is 9.78 Å². The zero-order chi connectivity index (χ0) is 28.1. The Morgan fingerprint density at radius 1 is 1.02 bits per heavy atom. The SMILES string of the molecule is CC(C)C(=O)On1cc(-c2cccc(C(=O)Nc3nc(CCCC(=O)NC4CC4)cn3-c3ccccc3)c2)cn1. The number of hydrogen-bond donors (Lipinski definition) is 2. The minimum atomic E-state index is -0.391. The molecule has 0 saturated heterocycles. The van der Waals surface area contributed by atoms with Crippen LogP contribution in [0.5, 0.6) is 0 Å². The maximum atomic E-state index is 13.3. The number of imidazole rings is 1. The minimum Gasteiger partial charge on any atom is -0.353 e. The summed E-state index contributed by atoms with van der Waals surface area (Å²) in [5.41, 5.74) is 3.53. The molecule has 0 radical (unpaired) electrons. The fraction of sp³-hybridized carbons (Fsp3) is 0.300. The number of aryl methyl sites for hydroxylation is 1. The summed E-state index contributed by atoms with van der Waals surface area (Å²) < 4.78 is 1.84. The summed E-state index contributed by atoms with van der Waals surface area (Å²) in [4.78, 5) is 48.3. The van der Waals surface area contributed by atoms with Gasteiger partial charge in [-0.15, -0.1) is 5.10 Å². The quantitative estimate of drug-likeness (QED) is 0.294. The normalized spacial score (nSPS) is 12.8. The van der Waals surface area contributed by atoms with Crippen molar-refractivity contribution in [2.45, 2.75) is 52.0 Å². The van der Waals surface area contributed by atoms with E-state index in [1.807, 2.05) is 47.2 Å². The van der Waals surface area contributed by atoms with Gasteiger partial charge in [0.05, 0.1) is 24.0 Å². The number of benzene rings is 2. The third-order valence-corrected chi connectivity index (χ3v) is 6.47. The van der Waals surface area contributed by atoms with Crippen LogP contribution in [0.2, 0.25) is 0 Å². The summed E-state index contributed by atoms with van der Waals surface area (Å²) in [7, 11) is 0. The number of carbonyl (C=O) groups is 3. The van der Waals surface area contributed by atoms with Gasteiger partial charge < -0.3 is 10.2 Å². The number of aromatic nitrogens is 4. The number of rotatable bonds is 11. The highest BCUT2D eigenvalue weighted by Crippen LogP contribution is 2.23. The molecule has 1 aliphatic rings. The van der Waals surface area contributed by atoms with Crippen molar-refractivity contribution in [1.82, 2.24) is 24.8 Å². The average molecular weight is 541 g/mol. The molecular formula is C30H32N6O4. The Kier molecular flexibility index (Phi) is 8.04. The van der Waals surface area contributed by atoms with Crippen molar-refractivity contribution in [3.8, 4) is 16.8 Å². The summed E-state index contributed by atoms with van der Waals surface area (Å²) in [6, 6.07) is 17.1. The maximum Gasteiger partial charge on any atom is 0.337 e. The monoisotopic (exact) mass is 540 g/mol. The van der Waals surface area contributed by atoms with E-state index in [0.29, 0.717) is 42.4 Å². The molecule has 0 unspecified atom stereocenters. The van der Waals surface area contributed by atoms with Gasteiger partial charge in [-0.05, 0) is 55.5 Å². The van der Waals surface area contributed by atoms with Crippen LogP contribution in [0.15, 0.2) is 73.2 Å². The summed E-state index contributed by atoms with van der Waals surface area (Å²) in [5, 5.41) is 10.0. The van der Waals surface area contributed by atoms with Gasteiger partial charge in [0.1, 0.15) is 0 Å². The first-order valence-corrected chi connectivity index (χ1v) is 13.5. The number of nitrogens with one attached hydrogen (secondary N) is 2. The minimum absolute atomic E-state index is 0.0713. The number of para-hydroxylation sites is 1. The van der Waals surface area contributed by atoms with Gasteiger partial charge >= 0.3 is 5.97 Å². The fourth-order valence-electron chi connectivity index (χ4n) is 4.10. The van der Waals surface area contributed by atoms with Crippen molar-refractivity contribution >= 4 is 23.7 Å². The molecule has 0 atom stereocenters. The smallest absolute Gasteiger partial charge is 0.337 e. The molecule has 2 heterocycles. The van der Waals surface area contributed by atoms with Crippen LogP contribution in [0.4, 0.5) is 5.95 Å². The van der Waals surface area contributed by atoms with Gasteiger partial charge in [-0.2, -0.15) is 0 Å². The first-order chi connectivity index (χ1) is 19.4. The third-order valence-electron chi connectivity index (χ3n) is 6.47. The lowest BCUT2D eigenvalue weighted by Gasteiger charge is -2.09. The predicted molar refractivity (Wildman–Crippen MR) is 150 cm³/mol. The Morgan fingerprint density at radius 3 is 2.58 bits per heavy atom. The number of hydrogen-bond acceptors (Lipinski definition) is 6. The Morgan fingerprint density at radius 2 is 1.82 bits per heavy atom. The molecule has 2 aromatic carbocycles. The van der Waals surface area contributed by atoms with Crippen molar-refractivity contribution in [2.24, 2.45) is 5.92 Å². The highest BCUT2D eigenvalue weighted by Gasteiger charge is 2.23. The topological polar surface area (TPSA) is 120 Å². The fourth-order valence-corrected chi connectivity index (χ4v) is 4.10. The molecular weight excluding hydrogens is 508 g/mol. The van der Waals surface area contributed by atoms with Gasteiger partial charge in [-0.1, -0.05) is 49.0 Å². The maximum absolute atomic E-state index is 13.3. The highest BCUT2D eigenvalue weighted by atomic mass is 16.7. The van der Waals surface area contributed by atoms with Crippen LogP contribution in [-0.4, -0.2) is 43.3 Å². The lowest BCUT2D eigenvalue weighted by atomic mass is 10.1. The first-order valence-electron chi connectivity index (χ1n) is 13.5. The van der Waals surface area contributed by atoms with Crippen molar-refractivity contribution in [3.63, 3.8) is 0 Å². The van der Waals surface area contributed by atoms with Gasteiger partial charge in [0.2, 0.25) is 11.9 Å². The van der Waals surface area contributed by atoms with E-state index in [4.69, 9.17) is 4.84 Å². The van der Waals surface area contributed by atoms with Gasteiger partial charge in [0.15, 0.2) is 0 Å². The molecule has 2 amide bonds. The van der Waals surface area contributed by atoms with Gasteiger partial charge in [0.25, 0.3) is 5.91 Å². The standard InChI is InChI=1S/C30H32N6O4/c1-20(2)29(39)40-36-18-23(17-31-36)21-8-6-9-22(16-21)28(38)34-30-33-25(10-7-13-27(37)32-24-14-15-24)19-35(30)26-11-4-3-5-12-26/h3-6,8-9,11-12,16-20,24H,7,10,13-15H2,1-2H3,(H,32,37)(H,33,34,38). The molecule has 40 heavy (non-hydrogen) atoms. The Balaban J connectivity index is 1.30. The average Bonchev–Trinajstić information content (AvgIpc) is 3.48. The Hall–Kier alpha value is -4.73. The number of anilines is 1. The van der Waals surface area contributed by atoms with Crippen molar-refractivity contribution in [3.05, 3.63) is 84.4 Å². The molecule has 10 nitrogen and oxygen atoms in total. The zero-order valence-corrected chi connectivity index (χ0v) is 22.5. The van der Waals surface area contributed by atoms with E-state index in [1.54, 1.807) is 44.4 Å². The van der Waals surface area contributed by atoms with E-state index in [9.17, 15) is 14.4 Å². The van der Waals surface area contributed by atoms with Crippen LogP contribution < -0.4 is 15.5 Å². The summed E-state index contributed by atoms with van der Waals surface area (Å²) in [5.74, 6) is -0.527. The third kappa shape index (κ3) is 6.82. The van der Waals surface area contributed by atoms with Crippen molar-refractivity contribution < 1.29 is 19.2 Å².